The standard InChI is InChI=1S/C16H15N3O2S/c20-16(19-11-13-5-3-9-22-13)18-10-12-4-1-7-17-15(12)14-6-2-8-21-14/h1-9H,10-11H2,(H2,18,19,20). The van der Waals surface area contributed by atoms with Crippen molar-refractivity contribution < 1.29 is 9.21 Å². The normalized spacial score (nSPS) is 10.4. The SMILES string of the molecule is O=C(NCc1cccs1)NCc1cccnc1-c1ccco1. The zero-order chi connectivity index (χ0) is 15.2. The molecule has 0 atom stereocenters. The summed E-state index contributed by atoms with van der Waals surface area (Å²) in [7, 11) is 0. The number of thiophene rings is 1. The number of urea groups is 1. The molecule has 0 spiro atoms. The summed E-state index contributed by atoms with van der Waals surface area (Å²) >= 11 is 1.62. The Bertz CT molecular complexity index is 724. The van der Waals surface area contributed by atoms with Gasteiger partial charge in [-0.25, -0.2) is 4.79 Å². The number of pyridine rings is 1. The summed E-state index contributed by atoms with van der Waals surface area (Å²) in [6, 6.07) is 11.2. The number of rotatable bonds is 5. The van der Waals surface area contributed by atoms with Gasteiger partial charge in [-0.05, 0) is 29.6 Å². The van der Waals surface area contributed by atoms with Crippen molar-refractivity contribution >= 4 is 17.4 Å². The number of nitrogens with zero attached hydrogens (tertiary/aromatic N) is 1. The van der Waals surface area contributed by atoms with Crippen molar-refractivity contribution in [3.05, 3.63) is 64.7 Å². The monoisotopic (exact) mass is 313 g/mol. The molecule has 2 N–H and O–H groups in total. The zero-order valence-electron chi connectivity index (χ0n) is 11.8. The minimum Gasteiger partial charge on any atom is -0.463 e. The van der Waals surface area contributed by atoms with Gasteiger partial charge in [0.2, 0.25) is 0 Å². The van der Waals surface area contributed by atoms with Gasteiger partial charge in [0.15, 0.2) is 5.76 Å². The Morgan fingerprint density at radius 2 is 2.05 bits per heavy atom. The second-order valence-electron chi connectivity index (χ2n) is 4.60. The van der Waals surface area contributed by atoms with Crippen molar-refractivity contribution in [3.8, 4) is 11.5 Å². The minimum absolute atomic E-state index is 0.206. The fourth-order valence-electron chi connectivity index (χ4n) is 2.03. The first-order valence-corrected chi connectivity index (χ1v) is 7.73. The smallest absolute Gasteiger partial charge is 0.315 e. The van der Waals surface area contributed by atoms with Gasteiger partial charge in [-0.1, -0.05) is 12.1 Å². The summed E-state index contributed by atoms with van der Waals surface area (Å²) in [6.45, 7) is 0.918. The molecular weight excluding hydrogens is 298 g/mol. The summed E-state index contributed by atoms with van der Waals surface area (Å²) in [5.41, 5.74) is 1.65. The van der Waals surface area contributed by atoms with Gasteiger partial charge in [0, 0.05) is 23.2 Å². The van der Waals surface area contributed by atoms with Gasteiger partial charge in [0.1, 0.15) is 5.69 Å². The average molecular weight is 313 g/mol. The van der Waals surface area contributed by atoms with E-state index in [1.807, 2.05) is 41.8 Å². The van der Waals surface area contributed by atoms with Crippen molar-refractivity contribution in [2.24, 2.45) is 0 Å². The molecule has 0 saturated heterocycles. The molecule has 3 aromatic heterocycles. The lowest BCUT2D eigenvalue weighted by molar-refractivity contribution is 0.240. The van der Waals surface area contributed by atoms with E-state index in [1.165, 1.54) is 0 Å². The lowest BCUT2D eigenvalue weighted by Crippen LogP contribution is -2.34. The number of amides is 2. The van der Waals surface area contributed by atoms with Crippen LogP contribution >= 0.6 is 11.3 Å². The minimum atomic E-state index is -0.206. The highest BCUT2D eigenvalue weighted by Crippen LogP contribution is 2.21. The lowest BCUT2D eigenvalue weighted by Gasteiger charge is -2.09. The first-order valence-electron chi connectivity index (χ1n) is 6.85. The summed E-state index contributed by atoms with van der Waals surface area (Å²) in [6.07, 6.45) is 3.31. The number of nitrogens with one attached hydrogen (secondary N) is 2. The highest BCUT2D eigenvalue weighted by Gasteiger charge is 2.09. The molecule has 112 valence electrons. The maximum absolute atomic E-state index is 11.8. The van der Waals surface area contributed by atoms with Crippen molar-refractivity contribution in [2.75, 3.05) is 0 Å². The van der Waals surface area contributed by atoms with Crippen LogP contribution in [-0.2, 0) is 13.1 Å². The number of carbonyl (C=O) groups excluding carboxylic acids is 1. The molecule has 3 heterocycles. The molecule has 0 unspecified atom stereocenters. The van der Waals surface area contributed by atoms with Gasteiger partial charge >= 0.3 is 6.03 Å². The van der Waals surface area contributed by atoms with Crippen LogP contribution in [0.2, 0.25) is 0 Å². The third-order valence-electron chi connectivity index (χ3n) is 3.09. The maximum Gasteiger partial charge on any atom is 0.315 e. The Labute approximate surface area is 132 Å². The summed E-state index contributed by atoms with van der Waals surface area (Å²) in [5.74, 6) is 0.691. The largest absolute Gasteiger partial charge is 0.463 e. The Balaban J connectivity index is 1.58. The molecule has 6 heteroatoms. The second-order valence-corrected chi connectivity index (χ2v) is 5.64. The highest BCUT2D eigenvalue weighted by molar-refractivity contribution is 7.09. The number of aromatic nitrogens is 1. The van der Waals surface area contributed by atoms with E-state index >= 15 is 0 Å². The number of carbonyl (C=O) groups is 1. The quantitative estimate of drug-likeness (QED) is 0.758. The molecule has 0 fully saturated rings. The Kier molecular flexibility index (Phi) is 4.50. The number of hydrogen-bond donors (Lipinski definition) is 2. The van der Waals surface area contributed by atoms with Crippen LogP contribution in [0, 0.1) is 0 Å². The van der Waals surface area contributed by atoms with Crippen molar-refractivity contribution in [3.63, 3.8) is 0 Å². The molecule has 0 aliphatic rings. The van der Waals surface area contributed by atoms with Gasteiger partial charge in [-0.2, -0.15) is 0 Å². The molecule has 3 aromatic rings. The van der Waals surface area contributed by atoms with E-state index in [-0.39, 0.29) is 6.03 Å². The van der Waals surface area contributed by atoms with Gasteiger partial charge in [-0.15, -0.1) is 11.3 Å². The van der Waals surface area contributed by atoms with Crippen LogP contribution in [0.25, 0.3) is 11.5 Å². The zero-order valence-corrected chi connectivity index (χ0v) is 12.6. The Morgan fingerprint density at radius 3 is 2.82 bits per heavy atom. The van der Waals surface area contributed by atoms with Crippen LogP contribution in [0.3, 0.4) is 0 Å². The van der Waals surface area contributed by atoms with E-state index in [0.29, 0.717) is 18.8 Å². The Hall–Kier alpha value is -2.60. The first kappa shape index (κ1) is 14.3. The third-order valence-corrected chi connectivity index (χ3v) is 3.96. The second kappa shape index (κ2) is 6.91. The average Bonchev–Trinajstić information content (AvgIpc) is 3.24. The van der Waals surface area contributed by atoms with E-state index in [9.17, 15) is 4.79 Å². The number of hydrogen-bond acceptors (Lipinski definition) is 4. The van der Waals surface area contributed by atoms with Gasteiger partial charge in [-0.3, -0.25) is 4.98 Å². The van der Waals surface area contributed by atoms with E-state index < -0.39 is 0 Å². The fourth-order valence-corrected chi connectivity index (χ4v) is 2.68. The van der Waals surface area contributed by atoms with Crippen LogP contribution in [0.1, 0.15) is 10.4 Å². The first-order chi connectivity index (χ1) is 10.8. The summed E-state index contributed by atoms with van der Waals surface area (Å²) in [4.78, 5) is 17.3. The van der Waals surface area contributed by atoms with E-state index in [1.54, 1.807) is 23.8 Å². The molecule has 0 radical (unpaired) electrons. The molecule has 3 rings (SSSR count). The van der Waals surface area contributed by atoms with E-state index in [0.717, 1.165) is 16.1 Å². The van der Waals surface area contributed by atoms with E-state index in [2.05, 4.69) is 15.6 Å². The summed E-state index contributed by atoms with van der Waals surface area (Å²) < 4.78 is 5.37. The predicted molar refractivity (Wildman–Crippen MR) is 85.3 cm³/mol. The van der Waals surface area contributed by atoms with Gasteiger partial charge < -0.3 is 15.1 Å². The van der Waals surface area contributed by atoms with E-state index in [4.69, 9.17) is 4.42 Å². The van der Waals surface area contributed by atoms with Crippen LogP contribution in [-0.4, -0.2) is 11.0 Å². The molecule has 5 nitrogen and oxygen atoms in total. The maximum atomic E-state index is 11.8. The predicted octanol–water partition coefficient (Wildman–Crippen LogP) is 3.40. The van der Waals surface area contributed by atoms with Crippen molar-refractivity contribution in [1.82, 2.24) is 15.6 Å². The molecule has 0 aliphatic carbocycles. The van der Waals surface area contributed by atoms with Crippen LogP contribution in [0.5, 0.6) is 0 Å². The van der Waals surface area contributed by atoms with Gasteiger partial charge in [0.05, 0.1) is 12.8 Å². The van der Waals surface area contributed by atoms with Crippen molar-refractivity contribution in [2.45, 2.75) is 13.1 Å². The lowest BCUT2D eigenvalue weighted by atomic mass is 10.1. The molecule has 0 aliphatic heterocycles. The van der Waals surface area contributed by atoms with Gasteiger partial charge in [0.25, 0.3) is 0 Å². The number of furan rings is 1. The molecule has 0 aromatic carbocycles. The van der Waals surface area contributed by atoms with Crippen LogP contribution in [0.4, 0.5) is 4.79 Å². The molecule has 22 heavy (non-hydrogen) atoms. The molecule has 0 bridgehead atoms. The fraction of sp³-hybridized carbons (Fsp3) is 0.125. The Morgan fingerprint density at radius 1 is 1.14 bits per heavy atom. The van der Waals surface area contributed by atoms with Crippen LogP contribution in [0.15, 0.2) is 58.7 Å². The topological polar surface area (TPSA) is 67.2 Å². The van der Waals surface area contributed by atoms with Crippen LogP contribution < -0.4 is 10.6 Å². The highest BCUT2D eigenvalue weighted by atomic mass is 32.1. The molecule has 2 amide bonds. The summed E-state index contributed by atoms with van der Waals surface area (Å²) in [5, 5.41) is 7.65. The molecular formula is C16H15N3O2S. The van der Waals surface area contributed by atoms with Crippen molar-refractivity contribution in [1.29, 1.82) is 0 Å². The third kappa shape index (κ3) is 3.53. The molecule has 0 saturated carbocycles.